The van der Waals surface area contributed by atoms with Crippen LogP contribution in [0.3, 0.4) is 0 Å². The van der Waals surface area contributed by atoms with E-state index in [1.54, 1.807) is 4.90 Å². The number of para-hydroxylation sites is 1. The van der Waals surface area contributed by atoms with Crippen molar-refractivity contribution in [2.45, 2.75) is 40.2 Å². The molecular weight excluding hydrogens is 316 g/mol. The fourth-order valence-corrected chi connectivity index (χ4v) is 2.98. The molecule has 6 heteroatoms. The Morgan fingerprint density at radius 2 is 2.00 bits per heavy atom. The predicted octanol–water partition coefficient (Wildman–Crippen LogP) is 3.52. The molecule has 0 spiro atoms. The van der Waals surface area contributed by atoms with Gasteiger partial charge < -0.3 is 9.64 Å². The minimum atomic E-state index is -0.259. The molecule has 132 valence electrons. The second kappa shape index (κ2) is 7.09. The Balaban J connectivity index is 1.79. The second-order valence-electron chi connectivity index (χ2n) is 6.58. The molecule has 6 nitrogen and oxygen atoms in total. The second-order valence-corrected chi connectivity index (χ2v) is 6.58. The van der Waals surface area contributed by atoms with Crippen LogP contribution in [0.4, 0.5) is 4.79 Å². The van der Waals surface area contributed by atoms with Crippen molar-refractivity contribution in [2.24, 2.45) is 0 Å². The Morgan fingerprint density at radius 1 is 1.24 bits per heavy atom. The van der Waals surface area contributed by atoms with E-state index in [4.69, 9.17) is 4.74 Å². The zero-order valence-corrected chi connectivity index (χ0v) is 15.2. The van der Waals surface area contributed by atoms with Crippen molar-refractivity contribution in [3.8, 4) is 5.69 Å². The summed E-state index contributed by atoms with van der Waals surface area (Å²) in [6.07, 6.45) is 2.44. The highest BCUT2D eigenvalue weighted by molar-refractivity contribution is 5.72. The molecule has 0 saturated carbocycles. The molecule has 1 amide bonds. The van der Waals surface area contributed by atoms with Crippen molar-refractivity contribution in [1.82, 2.24) is 19.9 Å². The maximum absolute atomic E-state index is 12.0. The van der Waals surface area contributed by atoms with Crippen LogP contribution in [-0.4, -0.2) is 45.2 Å². The van der Waals surface area contributed by atoms with Gasteiger partial charge in [0.15, 0.2) is 0 Å². The van der Waals surface area contributed by atoms with Gasteiger partial charge in [0.2, 0.25) is 0 Å². The van der Waals surface area contributed by atoms with Crippen LogP contribution in [0.2, 0.25) is 0 Å². The zero-order valence-electron chi connectivity index (χ0n) is 15.2. The average molecular weight is 340 g/mol. The number of ether oxygens (including phenoxy) is 1. The summed E-state index contributed by atoms with van der Waals surface area (Å²) in [5.41, 5.74) is 5.24. The number of benzene rings is 1. The minimum absolute atomic E-state index is 0.103. The Labute approximate surface area is 148 Å². The first kappa shape index (κ1) is 17.2. The van der Waals surface area contributed by atoms with Gasteiger partial charge in [-0.2, -0.15) is 0 Å². The van der Waals surface area contributed by atoms with Crippen molar-refractivity contribution in [1.29, 1.82) is 0 Å². The van der Waals surface area contributed by atoms with Gasteiger partial charge in [-0.25, -0.2) is 9.48 Å². The molecule has 1 aromatic carbocycles. The van der Waals surface area contributed by atoms with E-state index in [0.717, 1.165) is 34.6 Å². The van der Waals surface area contributed by atoms with Crippen molar-refractivity contribution in [3.63, 3.8) is 0 Å². The molecule has 0 bridgehead atoms. The summed E-state index contributed by atoms with van der Waals surface area (Å²) in [5.74, 6) is 0. The van der Waals surface area contributed by atoms with Crippen LogP contribution in [0.1, 0.15) is 37.2 Å². The monoisotopic (exact) mass is 340 g/mol. The van der Waals surface area contributed by atoms with Gasteiger partial charge in [0.05, 0.1) is 17.5 Å². The van der Waals surface area contributed by atoms with E-state index >= 15 is 0 Å². The predicted molar refractivity (Wildman–Crippen MR) is 96.6 cm³/mol. The summed E-state index contributed by atoms with van der Waals surface area (Å²) < 4.78 is 7.13. The number of amides is 1. The topological polar surface area (TPSA) is 60.2 Å². The SMILES string of the molecule is Cc1ccccc1-n1nnc(C2=CCN(C(=O)OC(C)C)CC2)c1C. The highest BCUT2D eigenvalue weighted by Gasteiger charge is 2.23. The zero-order chi connectivity index (χ0) is 18.0. The first-order chi connectivity index (χ1) is 12.0. The molecule has 0 aliphatic carbocycles. The maximum Gasteiger partial charge on any atom is 0.410 e. The number of hydrogen-bond donors (Lipinski definition) is 0. The standard InChI is InChI=1S/C19H24N4O2/c1-13(2)25-19(24)22-11-9-16(10-12-22)18-15(4)23(21-20-18)17-8-6-5-7-14(17)3/h5-9,13H,10-12H2,1-4H3. The highest BCUT2D eigenvalue weighted by atomic mass is 16.6. The summed E-state index contributed by atoms with van der Waals surface area (Å²) in [7, 11) is 0. The molecule has 0 atom stereocenters. The Hall–Kier alpha value is -2.63. The van der Waals surface area contributed by atoms with Gasteiger partial charge in [-0.3, -0.25) is 0 Å². The Kier molecular flexibility index (Phi) is 4.88. The number of rotatable bonds is 3. The van der Waals surface area contributed by atoms with Crippen molar-refractivity contribution in [2.75, 3.05) is 13.1 Å². The minimum Gasteiger partial charge on any atom is -0.447 e. The molecule has 0 radical (unpaired) electrons. The van der Waals surface area contributed by atoms with E-state index < -0.39 is 0 Å². The number of aromatic nitrogens is 3. The number of nitrogens with zero attached hydrogens (tertiary/aromatic N) is 4. The van der Waals surface area contributed by atoms with Crippen LogP contribution < -0.4 is 0 Å². The fourth-order valence-electron chi connectivity index (χ4n) is 2.98. The lowest BCUT2D eigenvalue weighted by Crippen LogP contribution is -2.36. The van der Waals surface area contributed by atoms with Crippen molar-refractivity contribution in [3.05, 3.63) is 47.3 Å². The van der Waals surface area contributed by atoms with Crippen molar-refractivity contribution >= 4 is 11.7 Å². The van der Waals surface area contributed by atoms with Gasteiger partial charge in [-0.1, -0.05) is 29.5 Å². The largest absolute Gasteiger partial charge is 0.447 e. The molecule has 1 aliphatic heterocycles. The van der Waals surface area contributed by atoms with Gasteiger partial charge in [-0.05, 0) is 51.3 Å². The highest BCUT2D eigenvalue weighted by Crippen LogP contribution is 2.25. The van der Waals surface area contributed by atoms with Gasteiger partial charge in [-0.15, -0.1) is 5.10 Å². The van der Waals surface area contributed by atoms with E-state index in [9.17, 15) is 4.79 Å². The number of aryl methyl sites for hydroxylation is 1. The van der Waals surface area contributed by atoms with Crippen LogP contribution in [-0.2, 0) is 4.74 Å². The van der Waals surface area contributed by atoms with Gasteiger partial charge >= 0.3 is 6.09 Å². The number of carbonyl (C=O) groups excluding carboxylic acids is 1. The molecule has 25 heavy (non-hydrogen) atoms. The van der Waals surface area contributed by atoms with E-state index in [0.29, 0.717) is 13.1 Å². The van der Waals surface area contributed by atoms with Crippen LogP contribution in [0.15, 0.2) is 30.3 Å². The van der Waals surface area contributed by atoms with Crippen molar-refractivity contribution < 1.29 is 9.53 Å². The Morgan fingerprint density at radius 3 is 2.64 bits per heavy atom. The molecule has 0 unspecified atom stereocenters. The molecule has 0 fully saturated rings. The molecule has 0 saturated heterocycles. The lowest BCUT2D eigenvalue weighted by molar-refractivity contribution is 0.0799. The summed E-state index contributed by atoms with van der Waals surface area (Å²) in [6.45, 7) is 8.98. The molecule has 3 rings (SSSR count). The first-order valence-electron chi connectivity index (χ1n) is 8.60. The van der Waals surface area contributed by atoms with Crippen LogP contribution in [0.5, 0.6) is 0 Å². The summed E-state index contributed by atoms with van der Waals surface area (Å²) in [6, 6.07) is 8.12. The number of hydrogen-bond acceptors (Lipinski definition) is 4. The van der Waals surface area contributed by atoms with E-state index in [1.165, 1.54) is 0 Å². The molecular formula is C19H24N4O2. The van der Waals surface area contributed by atoms with Gasteiger partial charge in [0.25, 0.3) is 0 Å². The fraction of sp³-hybridized carbons (Fsp3) is 0.421. The third-order valence-electron chi connectivity index (χ3n) is 4.35. The van der Waals surface area contributed by atoms with Crippen LogP contribution in [0.25, 0.3) is 11.3 Å². The summed E-state index contributed by atoms with van der Waals surface area (Å²) in [4.78, 5) is 13.7. The quantitative estimate of drug-likeness (QED) is 0.858. The molecule has 2 heterocycles. The average Bonchev–Trinajstić information content (AvgIpc) is 2.96. The Bertz CT molecular complexity index is 808. The first-order valence-corrected chi connectivity index (χ1v) is 8.60. The summed E-state index contributed by atoms with van der Waals surface area (Å²) in [5, 5.41) is 8.72. The third kappa shape index (κ3) is 3.57. The third-order valence-corrected chi connectivity index (χ3v) is 4.35. The molecule has 0 N–H and O–H groups in total. The maximum atomic E-state index is 12.0. The lowest BCUT2D eigenvalue weighted by atomic mass is 10.0. The number of carbonyl (C=O) groups is 1. The summed E-state index contributed by atoms with van der Waals surface area (Å²) >= 11 is 0. The molecule has 1 aromatic heterocycles. The van der Waals surface area contributed by atoms with Crippen LogP contribution >= 0.6 is 0 Å². The van der Waals surface area contributed by atoms with Crippen LogP contribution in [0, 0.1) is 13.8 Å². The van der Waals surface area contributed by atoms with Gasteiger partial charge in [0, 0.05) is 13.1 Å². The molecule has 1 aliphatic rings. The lowest BCUT2D eigenvalue weighted by Gasteiger charge is -2.26. The normalized spacial score (nSPS) is 14.6. The van der Waals surface area contributed by atoms with E-state index in [-0.39, 0.29) is 12.2 Å². The van der Waals surface area contributed by atoms with Gasteiger partial charge in [0.1, 0.15) is 5.69 Å². The molecule has 2 aromatic rings. The van der Waals surface area contributed by atoms with E-state index in [1.807, 2.05) is 49.7 Å². The van der Waals surface area contributed by atoms with E-state index in [2.05, 4.69) is 23.3 Å². The smallest absolute Gasteiger partial charge is 0.410 e.